The number of methoxy groups -OCH3 is 1. The van der Waals surface area contributed by atoms with E-state index in [-0.39, 0.29) is 25.3 Å². The summed E-state index contributed by atoms with van der Waals surface area (Å²) in [5.74, 6) is -0.569. The molecule has 1 aromatic rings. The quantitative estimate of drug-likeness (QED) is 0.878. The number of ether oxygens (including phenoxy) is 1. The first-order valence-electron chi connectivity index (χ1n) is 6.36. The highest BCUT2D eigenvalue weighted by molar-refractivity contribution is 7.89. The third-order valence-electron chi connectivity index (χ3n) is 3.37. The van der Waals surface area contributed by atoms with Gasteiger partial charge in [-0.3, -0.25) is 0 Å². The Labute approximate surface area is 118 Å². The topological polar surface area (TPSA) is 66.8 Å². The van der Waals surface area contributed by atoms with Gasteiger partial charge in [-0.1, -0.05) is 12.1 Å². The number of aliphatic hydroxyl groups is 1. The lowest BCUT2D eigenvalue weighted by Crippen LogP contribution is -2.34. The number of sulfonamides is 1. The number of aliphatic hydroxyl groups excluding tert-OH is 1. The summed E-state index contributed by atoms with van der Waals surface area (Å²) in [5.41, 5.74) is 0.558. The number of nitrogens with zero attached hydrogens (tertiary/aromatic N) is 1. The summed E-state index contributed by atoms with van der Waals surface area (Å²) in [7, 11) is -2.11. The molecule has 0 aromatic heterocycles. The predicted octanol–water partition coefficient (Wildman–Crippen LogP) is 0.910. The monoisotopic (exact) mass is 303 g/mol. The molecule has 2 rings (SSSR count). The molecule has 1 aliphatic rings. The molecule has 1 saturated heterocycles. The van der Waals surface area contributed by atoms with E-state index in [0.717, 1.165) is 0 Å². The van der Waals surface area contributed by atoms with Gasteiger partial charge in [0.2, 0.25) is 10.0 Å². The maximum atomic E-state index is 13.3. The van der Waals surface area contributed by atoms with E-state index in [1.165, 1.54) is 29.6 Å². The number of hydrogen-bond acceptors (Lipinski definition) is 4. The zero-order valence-electron chi connectivity index (χ0n) is 11.2. The van der Waals surface area contributed by atoms with Crippen molar-refractivity contribution in [2.75, 3.05) is 26.0 Å². The Morgan fingerprint density at radius 2 is 2.25 bits per heavy atom. The van der Waals surface area contributed by atoms with E-state index in [1.807, 2.05) is 0 Å². The van der Waals surface area contributed by atoms with Crippen molar-refractivity contribution in [2.45, 2.75) is 18.6 Å². The highest BCUT2D eigenvalue weighted by atomic mass is 32.2. The molecule has 112 valence electrons. The maximum absolute atomic E-state index is 13.3. The molecule has 2 atom stereocenters. The SMILES string of the molecule is COCCS(=O)(=O)N1C[C@H](O)C[C@@H]1c1cccc(F)c1. The average molecular weight is 303 g/mol. The van der Waals surface area contributed by atoms with Gasteiger partial charge in [0, 0.05) is 13.7 Å². The van der Waals surface area contributed by atoms with Crippen molar-refractivity contribution in [3.63, 3.8) is 0 Å². The van der Waals surface area contributed by atoms with E-state index in [0.29, 0.717) is 5.56 Å². The second kappa shape index (κ2) is 6.17. The second-order valence-corrected chi connectivity index (χ2v) is 6.88. The van der Waals surface area contributed by atoms with Crippen molar-refractivity contribution in [3.05, 3.63) is 35.6 Å². The van der Waals surface area contributed by atoms with Crippen LogP contribution in [0.1, 0.15) is 18.0 Å². The molecule has 0 saturated carbocycles. The number of β-amino-alcohol motifs (C(OH)–C–C–N with tert-alkyl or cyclic N) is 1. The fourth-order valence-corrected chi connectivity index (χ4v) is 4.02. The zero-order valence-corrected chi connectivity index (χ0v) is 12.0. The Morgan fingerprint density at radius 3 is 2.90 bits per heavy atom. The molecular formula is C13H18FNO4S. The molecule has 0 amide bonds. The van der Waals surface area contributed by atoms with Crippen molar-refractivity contribution in [1.82, 2.24) is 4.31 Å². The molecule has 20 heavy (non-hydrogen) atoms. The summed E-state index contributed by atoms with van der Waals surface area (Å²) in [6, 6.07) is 5.29. The first-order chi connectivity index (χ1) is 9.44. The van der Waals surface area contributed by atoms with Crippen LogP contribution in [0.25, 0.3) is 0 Å². The normalized spacial score (nSPS) is 24.1. The van der Waals surface area contributed by atoms with Gasteiger partial charge in [-0.25, -0.2) is 12.8 Å². The van der Waals surface area contributed by atoms with Crippen LogP contribution >= 0.6 is 0 Å². The number of benzene rings is 1. The van der Waals surface area contributed by atoms with Crippen LogP contribution in [0.3, 0.4) is 0 Å². The molecule has 0 unspecified atom stereocenters. The lowest BCUT2D eigenvalue weighted by molar-refractivity contribution is 0.188. The number of halogens is 1. The summed E-state index contributed by atoms with van der Waals surface area (Å²) in [6.45, 7) is 0.123. The molecular weight excluding hydrogens is 285 g/mol. The van der Waals surface area contributed by atoms with Crippen molar-refractivity contribution in [1.29, 1.82) is 0 Å². The van der Waals surface area contributed by atoms with Crippen LogP contribution in [0.2, 0.25) is 0 Å². The van der Waals surface area contributed by atoms with Crippen molar-refractivity contribution in [3.8, 4) is 0 Å². The first-order valence-corrected chi connectivity index (χ1v) is 7.97. The molecule has 0 aliphatic carbocycles. The molecule has 1 fully saturated rings. The third kappa shape index (κ3) is 3.35. The largest absolute Gasteiger partial charge is 0.392 e. The highest BCUT2D eigenvalue weighted by Gasteiger charge is 2.39. The number of rotatable bonds is 5. The minimum absolute atomic E-state index is 0.0349. The van der Waals surface area contributed by atoms with Crippen molar-refractivity contribution < 1.29 is 22.7 Å². The summed E-state index contributed by atoms with van der Waals surface area (Å²) < 4.78 is 43.8. The minimum Gasteiger partial charge on any atom is -0.392 e. The second-order valence-electron chi connectivity index (χ2n) is 4.84. The van der Waals surface area contributed by atoms with Crippen LogP contribution in [0.15, 0.2) is 24.3 Å². The Kier molecular flexibility index (Phi) is 4.74. The zero-order chi connectivity index (χ0) is 14.8. The van der Waals surface area contributed by atoms with Gasteiger partial charge in [0.15, 0.2) is 0 Å². The van der Waals surface area contributed by atoms with Crippen molar-refractivity contribution in [2.24, 2.45) is 0 Å². The summed E-state index contributed by atoms with van der Waals surface area (Å²) in [5, 5.41) is 9.76. The van der Waals surface area contributed by atoms with Crippen LogP contribution in [-0.2, 0) is 14.8 Å². The van der Waals surface area contributed by atoms with Gasteiger partial charge in [-0.05, 0) is 24.1 Å². The summed E-state index contributed by atoms with van der Waals surface area (Å²) in [4.78, 5) is 0. The molecule has 1 N–H and O–H groups in total. The fourth-order valence-electron chi connectivity index (χ4n) is 2.41. The summed E-state index contributed by atoms with van der Waals surface area (Å²) in [6.07, 6.45) is -0.462. The van der Waals surface area contributed by atoms with E-state index in [4.69, 9.17) is 4.74 Å². The smallest absolute Gasteiger partial charge is 0.217 e. The third-order valence-corrected chi connectivity index (χ3v) is 5.17. The molecule has 0 spiro atoms. The van der Waals surface area contributed by atoms with Gasteiger partial charge in [0.1, 0.15) is 5.82 Å². The van der Waals surface area contributed by atoms with E-state index >= 15 is 0 Å². The molecule has 7 heteroatoms. The molecule has 1 aliphatic heterocycles. The van der Waals surface area contributed by atoms with Crippen LogP contribution < -0.4 is 0 Å². The van der Waals surface area contributed by atoms with E-state index in [1.54, 1.807) is 6.07 Å². The van der Waals surface area contributed by atoms with Gasteiger partial charge in [-0.2, -0.15) is 4.31 Å². The molecule has 1 heterocycles. The first kappa shape index (κ1) is 15.4. The minimum atomic E-state index is -3.54. The number of hydrogen-bond donors (Lipinski definition) is 1. The molecule has 5 nitrogen and oxygen atoms in total. The maximum Gasteiger partial charge on any atom is 0.217 e. The van der Waals surface area contributed by atoms with Gasteiger partial charge in [0.05, 0.1) is 24.5 Å². The molecule has 0 bridgehead atoms. The Bertz CT molecular complexity index is 563. The van der Waals surface area contributed by atoms with E-state index in [2.05, 4.69) is 0 Å². The molecule has 1 aromatic carbocycles. The Balaban J connectivity index is 2.27. The van der Waals surface area contributed by atoms with Gasteiger partial charge in [0.25, 0.3) is 0 Å². The van der Waals surface area contributed by atoms with Crippen LogP contribution in [0, 0.1) is 5.82 Å². The van der Waals surface area contributed by atoms with Gasteiger partial charge in [-0.15, -0.1) is 0 Å². The van der Waals surface area contributed by atoms with Gasteiger partial charge < -0.3 is 9.84 Å². The van der Waals surface area contributed by atoms with Gasteiger partial charge >= 0.3 is 0 Å². The van der Waals surface area contributed by atoms with E-state index in [9.17, 15) is 17.9 Å². The van der Waals surface area contributed by atoms with Crippen LogP contribution in [0.5, 0.6) is 0 Å². The fraction of sp³-hybridized carbons (Fsp3) is 0.538. The molecule has 0 radical (unpaired) electrons. The highest BCUT2D eigenvalue weighted by Crippen LogP contribution is 2.34. The lowest BCUT2D eigenvalue weighted by atomic mass is 10.0. The standard InChI is InChI=1S/C13H18FNO4S/c1-19-5-6-20(17,18)15-9-12(16)8-13(15)10-3-2-4-11(14)7-10/h2-4,7,12-13,16H,5-6,8-9H2,1H3/t12-,13-/m1/s1. The summed E-state index contributed by atoms with van der Waals surface area (Å²) >= 11 is 0. The Hall–Kier alpha value is -1.02. The van der Waals surface area contributed by atoms with E-state index < -0.39 is 28.0 Å². The van der Waals surface area contributed by atoms with Crippen LogP contribution in [0.4, 0.5) is 4.39 Å². The average Bonchev–Trinajstić information content (AvgIpc) is 2.79. The van der Waals surface area contributed by atoms with Crippen LogP contribution in [-0.4, -0.2) is 49.9 Å². The Morgan fingerprint density at radius 1 is 1.50 bits per heavy atom. The predicted molar refractivity (Wildman–Crippen MR) is 72.1 cm³/mol. The van der Waals surface area contributed by atoms with Crippen molar-refractivity contribution >= 4 is 10.0 Å². The lowest BCUT2D eigenvalue weighted by Gasteiger charge is -2.24.